The Morgan fingerprint density at radius 2 is 2.39 bits per heavy atom. The van der Waals surface area contributed by atoms with E-state index in [0.29, 0.717) is 13.0 Å². The third-order valence-electron chi connectivity index (χ3n) is 3.13. The fourth-order valence-corrected chi connectivity index (χ4v) is 2.60. The topological polar surface area (TPSA) is 29.5 Å². The molecule has 0 aliphatic carbocycles. The van der Waals surface area contributed by atoms with Gasteiger partial charge in [0.25, 0.3) is 0 Å². The number of rotatable bonds is 3. The monoisotopic (exact) mass is 311 g/mol. The first kappa shape index (κ1) is 13.4. The van der Waals surface area contributed by atoms with Crippen LogP contribution >= 0.6 is 15.9 Å². The summed E-state index contributed by atoms with van der Waals surface area (Å²) in [6, 6.07) is 7.84. The van der Waals surface area contributed by atoms with E-state index in [-0.39, 0.29) is 12.0 Å². The predicted molar refractivity (Wildman–Crippen MR) is 74.7 cm³/mol. The van der Waals surface area contributed by atoms with E-state index in [0.717, 1.165) is 29.6 Å². The number of carbonyl (C=O) groups excluding carboxylic acids is 1. The Kier molecular flexibility index (Phi) is 4.64. The zero-order chi connectivity index (χ0) is 13.0. The van der Waals surface area contributed by atoms with E-state index in [9.17, 15) is 4.79 Å². The van der Waals surface area contributed by atoms with E-state index in [1.165, 1.54) is 0 Å². The van der Waals surface area contributed by atoms with Crippen LogP contribution in [0.3, 0.4) is 0 Å². The van der Waals surface area contributed by atoms with Crippen LogP contribution in [-0.4, -0.2) is 30.0 Å². The van der Waals surface area contributed by atoms with E-state index in [1.807, 2.05) is 36.1 Å². The van der Waals surface area contributed by atoms with Crippen molar-refractivity contribution < 1.29 is 9.53 Å². The second-order valence-electron chi connectivity index (χ2n) is 4.53. The van der Waals surface area contributed by atoms with Gasteiger partial charge < -0.3 is 9.64 Å². The Labute approximate surface area is 116 Å². The van der Waals surface area contributed by atoms with Gasteiger partial charge in [0, 0.05) is 17.4 Å². The van der Waals surface area contributed by atoms with Crippen LogP contribution in [0, 0.1) is 0 Å². The number of hydrogen-bond donors (Lipinski definition) is 0. The second-order valence-corrected chi connectivity index (χ2v) is 5.45. The third-order valence-corrected chi connectivity index (χ3v) is 3.63. The Balaban J connectivity index is 1.95. The van der Waals surface area contributed by atoms with Crippen LogP contribution in [0.25, 0.3) is 0 Å². The normalized spacial score (nSPS) is 19.7. The Bertz CT molecular complexity index is 422. The molecule has 1 atom stereocenters. The Morgan fingerprint density at radius 1 is 1.56 bits per heavy atom. The molecule has 98 valence electrons. The van der Waals surface area contributed by atoms with Gasteiger partial charge in [0.2, 0.25) is 5.91 Å². The fourth-order valence-electron chi connectivity index (χ4n) is 2.22. The molecule has 1 aliphatic heterocycles. The van der Waals surface area contributed by atoms with Crippen molar-refractivity contribution in [3.63, 3.8) is 0 Å². The molecule has 1 heterocycles. The molecule has 0 bridgehead atoms. The quantitative estimate of drug-likeness (QED) is 0.857. The lowest BCUT2D eigenvalue weighted by Crippen LogP contribution is -2.44. The Hall–Kier alpha value is -1.03. The SMILES string of the molecule is CCC(=O)N1CCCC(Oc2cccc(Br)c2)C1. The van der Waals surface area contributed by atoms with Crippen molar-refractivity contribution >= 4 is 21.8 Å². The van der Waals surface area contributed by atoms with Crippen LogP contribution in [0.5, 0.6) is 5.75 Å². The van der Waals surface area contributed by atoms with Crippen LogP contribution in [0.15, 0.2) is 28.7 Å². The van der Waals surface area contributed by atoms with Gasteiger partial charge in [0.15, 0.2) is 0 Å². The number of amides is 1. The average molecular weight is 312 g/mol. The zero-order valence-electron chi connectivity index (χ0n) is 10.6. The van der Waals surface area contributed by atoms with E-state index < -0.39 is 0 Å². The molecule has 0 radical (unpaired) electrons. The number of halogens is 1. The maximum absolute atomic E-state index is 11.7. The highest BCUT2D eigenvalue weighted by atomic mass is 79.9. The second kappa shape index (κ2) is 6.23. The summed E-state index contributed by atoms with van der Waals surface area (Å²) in [7, 11) is 0. The molecule has 3 nitrogen and oxygen atoms in total. The van der Waals surface area contributed by atoms with Crippen LogP contribution in [0.1, 0.15) is 26.2 Å². The molecule has 1 saturated heterocycles. The lowest BCUT2D eigenvalue weighted by Gasteiger charge is -2.32. The minimum Gasteiger partial charge on any atom is -0.489 e. The minimum absolute atomic E-state index is 0.114. The van der Waals surface area contributed by atoms with Crippen LogP contribution in [0.2, 0.25) is 0 Å². The molecule has 1 unspecified atom stereocenters. The summed E-state index contributed by atoms with van der Waals surface area (Å²) in [5, 5.41) is 0. The molecule has 0 aromatic heterocycles. The molecule has 0 saturated carbocycles. The highest BCUT2D eigenvalue weighted by molar-refractivity contribution is 9.10. The fraction of sp³-hybridized carbons (Fsp3) is 0.500. The predicted octanol–water partition coefficient (Wildman–Crippen LogP) is 3.23. The van der Waals surface area contributed by atoms with Gasteiger partial charge in [-0.1, -0.05) is 28.9 Å². The van der Waals surface area contributed by atoms with Gasteiger partial charge in [0.1, 0.15) is 11.9 Å². The van der Waals surface area contributed by atoms with Crippen molar-refractivity contribution in [2.24, 2.45) is 0 Å². The lowest BCUT2D eigenvalue weighted by atomic mass is 10.1. The summed E-state index contributed by atoms with van der Waals surface area (Å²) in [6.07, 6.45) is 2.72. The molecule has 18 heavy (non-hydrogen) atoms. The number of nitrogens with zero attached hydrogens (tertiary/aromatic N) is 1. The van der Waals surface area contributed by atoms with Crippen LogP contribution in [0.4, 0.5) is 0 Å². The molecule has 1 aromatic carbocycles. The van der Waals surface area contributed by atoms with Crippen molar-refractivity contribution in [3.8, 4) is 5.75 Å². The summed E-state index contributed by atoms with van der Waals surface area (Å²) in [5.41, 5.74) is 0. The maximum Gasteiger partial charge on any atom is 0.222 e. The third kappa shape index (κ3) is 3.48. The Morgan fingerprint density at radius 3 is 3.11 bits per heavy atom. The molecular formula is C14H18BrNO2. The number of carbonyl (C=O) groups is 1. The van der Waals surface area contributed by atoms with Crippen LogP contribution < -0.4 is 4.74 Å². The molecule has 0 N–H and O–H groups in total. The molecule has 0 spiro atoms. The smallest absolute Gasteiger partial charge is 0.222 e. The first-order valence-electron chi connectivity index (χ1n) is 6.39. The number of ether oxygens (including phenoxy) is 1. The molecule has 1 aliphatic rings. The van der Waals surface area contributed by atoms with Gasteiger partial charge in [-0.15, -0.1) is 0 Å². The van der Waals surface area contributed by atoms with Crippen molar-refractivity contribution in [2.75, 3.05) is 13.1 Å². The molecular weight excluding hydrogens is 294 g/mol. The summed E-state index contributed by atoms with van der Waals surface area (Å²) < 4.78 is 6.95. The van der Waals surface area contributed by atoms with Crippen LogP contribution in [-0.2, 0) is 4.79 Å². The zero-order valence-corrected chi connectivity index (χ0v) is 12.1. The van der Waals surface area contributed by atoms with Gasteiger partial charge in [-0.05, 0) is 31.0 Å². The first-order valence-corrected chi connectivity index (χ1v) is 7.18. The lowest BCUT2D eigenvalue weighted by molar-refractivity contribution is -0.133. The van der Waals surface area contributed by atoms with E-state index in [1.54, 1.807) is 0 Å². The van der Waals surface area contributed by atoms with Crippen molar-refractivity contribution in [2.45, 2.75) is 32.3 Å². The maximum atomic E-state index is 11.7. The molecule has 1 fully saturated rings. The van der Waals surface area contributed by atoms with Crippen molar-refractivity contribution in [1.82, 2.24) is 4.90 Å². The molecule has 1 amide bonds. The highest BCUT2D eigenvalue weighted by Crippen LogP contribution is 2.22. The van der Waals surface area contributed by atoms with E-state index >= 15 is 0 Å². The first-order chi connectivity index (χ1) is 8.69. The van der Waals surface area contributed by atoms with Crippen molar-refractivity contribution in [1.29, 1.82) is 0 Å². The standard InChI is InChI=1S/C14H18BrNO2/c1-2-14(17)16-8-4-7-13(10-16)18-12-6-3-5-11(15)9-12/h3,5-6,9,13H,2,4,7-8,10H2,1H3. The van der Waals surface area contributed by atoms with Gasteiger partial charge in [-0.25, -0.2) is 0 Å². The summed E-state index contributed by atoms with van der Waals surface area (Å²) >= 11 is 3.43. The number of likely N-dealkylation sites (tertiary alicyclic amines) is 1. The molecule has 4 heteroatoms. The number of piperidine rings is 1. The van der Waals surface area contributed by atoms with E-state index in [4.69, 9.17) is 4.74 Å². The van der Waals surface area contributed by atoms with Gasteiger partial charge in [-0.2, -0.15) is 0 Å². The van der Waals surface area contributed by atoms with Gasteiger partial charge in [0.05, 0.1) is 6.54 Å². The van der Waals surface area contributed by atoms with E-state index in [2.05, 4.69) is 15.9 Å². The summed E-state index contributed by atoms with van der Waals surface area (Å²) in [4.78, 5) is 13.6. The summed E-state index contributed by atoms with van der Waals surface area (Å²) in [5.74, 6) is 1.08. The minimum atomic E-state index is 0.114. The number of hydrogen-bond acceptors (Lipinski definition) is 2. The van der Waals surface area contributed by atoms with Gasteiger partial charge >= 0.3 is 0 Å². The van der Waals surface area contributed by atoms with Crippen molar-refractivity contribution in [3.05, 3.63) is 28.7 Å². The highest BCUT2D eigenvalue weighted by Gasteiger charge is 2.23. The molecule has 2 rings (SSSR count). The van der Waals surface area contributed by atoms with Gasteiger partial charge in [-0.3, -0.25) is 4.79 Å². The largest absolute Gasteiger partial charge is 0.489 e. The average Bonchev–Trinajstić information content (AvgIpc) is 2.38. The number of benzene rings is 1. The summed E-state index contributed by atoms with van der Waals surface area (Å²) in [6.45, 7) is 3.48. The molecule has 1 aromatic rings.